The number of hydrogen-bond acceptors (Lipinski definition) is 8. The van der Waals surface area contributed by atoms with Crippen molar-refractivity contribution in [3.8, 4) is 40.4 Å². The highest BCUT2D eigenvalue weighted by Crippen LogP contribution is 2.46. The minimum Gasteiger partial charge on any atom is -0.480 e. The molecule has 0 saturated heterocycles. The first-order valence-electron chi connectivity index (χ1n) is 12.0. The molecule has 1 aromatic carbocycles. The van der Waals surface area contributed by atoms with Crippen LogP contribution in [-0.2, 0) is 20.1 Å². The molecule has 1 aliphatic carbocycles. The molecule has 0 bridgehead atoms. The molecule has 2 aliphatic rings. The van der Waals surface area contributed by atoms with Gasteiger partial charge >= 0.3 is 0 Å². The first-order valence-corrected chi connectivity index (χ1v) is 12.0. The highest BCUT2D eigenvalue weighted by molar-refractivity contribution is 5.67. The highest BCUT2D eigenvalue weighted by Gasteiger charge is 2.33. The zero-order chi connectivity index (χ0) is 26.6. The topological polar surface area (TPSA) is 97.1 Å². The lowest BCUT2D eigenvalue weighted by atomic mass is 10.1. The number of aryl methyl sites for hydroxylation is 1. The van der Waals surface area contributed by atoms with Crippen LogP contribution in [0.5, 0.6) is 17.6 Å². The largest absolute Gasteiger partial charge is 0.480 e. The summed E-state index contributed by atoms with van der Waals surface area (Å²) in [4.78, 5) is 22.1. The Balaban J connectivity index is 0.000000937. The smallest absolute Gasteiger partial charge is 0.231 e. The van der Waals surface area contributed by atoms with Crippen molar-refractivity contribution in [3.05, 3.63) is 59.6 Å². The van der Waals surface area contributed by atoms with Crippen molar-refractivity contribution >= 4 is 0 Å². The minimum absolute atomic E-state index is 0.302. The normalized spacial score (nSPS) is 13.8. The molecule has 0 atom stereocenters. The van der Waals surface area contributed by atoms with Crippen molar-refractivity contribution in [2.24, 2.45) is 7.05 Å². The molecule has 0 unspecified atom stereocenters. The molecular formula is C26H25F3N6O3. The monoisotopic (exact) mass is 526 g/mol. The zero-order valence-electron chi connectivity index (χ0n) is 20.8. The van der Waals surface area contributed by atoms with E-state index >= 15 is 0 Å². The number of aromatic nitrogens is 6. The Hall–Kier alpha value is -4.22. The molecule has 0 radical (unpaired) electrons. The quantitative estimate of drug-likeness (QED) is 0.340. The van der Waals surface area contributed by atoms with Crippen LogP contribution in [0.1, 0.15) is 35.6 Å². The zero-order valence-corrected chi connectivity index (χ0v) is 20.8. The van der Waals surface area contributed by atoms with Crippen LogP contribution < -0.4 is 14.2 Å². The lowest BCUT2D eigenvalue weighted by molar-refractivity contribution is 0.290. The Labute approximate surface area is 216 Å². The average molecular weight is 527 g/mol. The Morgan fingerprint density at radius 3 is 2.47 bits per heavy atom. The van der Waals surface area contributed by atoms with Crippen molar-refractivity contribution in [1.82, 2.24) is 29.5 Å². The summed E-state index contributed by atoms with van der Waals surface area (Å²) in [6.07, 6.45) is 5.67. The number of hydrogen-bond donors (Lipinski definition) is 0. The Bertz CT molecular complexity index is 1430. The van der Waals surface area contributed by atoms with Gasteiger partial charge in [-0.1, -0.05) is 24.3 Å². The lowest BCUT2D eigenvalue weighted by Crippen LogP contribution is -2.06. The summed E-state index contributed by atoms with van der Waals surface area (Å²) >= 11 is 0. The summed E-state index contributed by atoms with van der Waals surface area (Å²) in [6.45, 7) is -0.924. The predicted octanol–water partition coefficient (Wildman–Crippen LogP) is 4.76. The van der Waals surface area contributed by atoms with Gasteiger partial charge in [0.15, 0.2) is 5.82 Å². The maximum Gasteiger partial charge on any atom is 0.231 e. The number of alkyl halides is 2. The number of benzene rings is 1. The van der Waals surface area contributed by atoms with Gasteiger partial charge in [-0.3, -0.25) is 0 Å². The molecule has 9 nitrogen and oxygen atoms in total. The van der Waals surface area contributed by atoms with E-state index in [0.29, 0.717) is 60.4 Å². The van der Waals surface area contributed by atoms with Crippen molar-refractivity contribution in [2.45, 2.75) is 31.8 Å². The van der Waals surface area contributed by atoms with E-state index in [4.69, 9.17) is 19.2 Å². The molecule has 4 aromatic rings. The summed E-state index contributed by atoms with van der Waals surface area (Å²) in [5.74, 6) is 2.29. The van der Waals surface area contributed by atoms with E-state index in [1.807, 2.05) is 24.3 Å². The molecule has 0 spiro atoms. The number of methoxy groups -OCH3 is 1. The molecule has 38 heavy (non-hydrogen) atoms. The van der Waals surface area contributed by atoms with E-state index < -0.39 is 12.9 Å². The van der Waals surface area contributed by atoms with Crippen LogP contribution in [0.25, 0.3) is 22.8 Å². The van der Waals surface area contributed by atoms with Gasteiger partial charge in [0.1, 0.15) is 24.3 Å². The third-order valence-corrected chi connectivity index (χ3v) is 6.18. The molecule has 12 heteroatoms. The number of imidazole rings is 1. The van der Waals surface area contributed by atoms with E-state index in [1.165, 1.54) is 12.5 Å². The standard InChI is InChI=1S/C25H23FN6O3.CH2F2/c1-32-11-18(26)29-22(32)16-5-3-14(4-6-16)12-35-24-17-9-10-34-23(17)30-21(31-24)19-20(15-7-8-15)27-13-28-25(19)33-2;2-1-3/h3-6,11,13,15H,7-10,12H2,1-2H3;1H2. The maximum atomic E-state index is 13.5. The van der Waals surface area contributed by atoms with Gasteiger partial charge in [0.25, 0.3) is 0 Å². The summed E-state index contributed by atoms with van der Waals surface area (Å²) < 4.78 is 51.8. The van der Waals surface area contributed by atoms with Gasteiger partial charge in [-0.05, 0) is 18.4 Å². The fourth-order valence-corrected chi connectivity index (χ4v) is 4.27. The first kappa shape index (κ1) is 25.4. The van der Waals surface area contributed by atoms with Crippen molar-refractivity contribution < 1.29 is 27.4 Å². The van der Waals surface area contributed by atoms with E-state index in [0.717, 1.165) is 35.2 Å². The lowest BCUT2D eigenvalue weighted by Gasteiger charge is -2.14. The minimum atomic E-state index is -1.75. The van der Waals surface area contributed by atoms with Gasteiger partial charge in [-0.15, -0.1) is 0 Å². The number of ether oxygens (including phenoxy) is 3. The Morgan fingerprint density at radius 1 is 1.05 bits per heavy atom. The maximum absolute atomic E-state index is 13.5. The van der Waals surface area contributed by atoms with Crippen LogP contribution in [0.2, 0.25) is 0 Å². The fraction of sp³-hybridized carbons (Fsp3) is 0.346. The first-order chi connectivity index (χ1) is 18.5. The third kappa shape index (κ3) is 5.24. The molecule has 1 fully saturated rings. The van der Waals surface area contributed by atoms with Crippen LogP contribution in [0.3, 0.4) is 0 Å². The van der Waals surface area contributed by atoms with E-state index in [9.17, 15) is 13.2 Å². The molecule has 3 aromatic heterocycles. The van der Waals surface area contributed by atoms with Crippen LogP contribution in [-0.4, -0.2) is 50.1 Å². The SMILES string of the molecule is COc1ncnc(C2CC2)c1-c1nc2c(c(OCc3ccc(-c4nc(F)cn4C)cc3)n1)CCO2.FCF. The number of fused-ring (bicyclic) bond motifs is 1. The second-order valence-electron chi connectivity index (χ2n) is 8.74. The predicted molar refractivity (Wildman–Crippen MR) is 131 cm³/mol. The van der Waals surface area contributed by atoms with Crippen molar-refractivity contribution in [3.63, 3.8) is 0 Å². The van der Waals surface area contributed by atoms with Gasteiger partial charge in [0.05, 0.1) is 31.2 Å². The Kier molecular flexibility index (Phi) is 7.38. The van der Waals surface area contributed by atoms with Crippen molar-refractivity contribution in [1.29, 1.82) is 0 Å². The summed E-state index contributed by atoms with van der Waals surface area (Å²) in [7, 11) is 3.34. The molecule has 1 aliphatic heterocycles. The third-order valence-electron chi connectivity index (χ3n) is 6.18. The van der Waals surface area contributed by atoms with Gasteiger partial charge in [-0.25, -0.2) is 23.7 Å². The average Bonchev–Trinajstić information content (AvgIpc) is 3.56. The Morgan fingerprint density at radius 2 is 1.82 bits per heavy atom. The molecule has 1 saturated carbocycles. The molecule has 6 rings (SSSR count). The molecule has 4 heterocycles. The highest BCUT2D eigenvalue weighted by atomic mass is 19.3. The fourth-order valence-electron chi connectivity index (χ4n) is 4.27. The summed E-state index contributed by atoms with van der Waals surface area (Å²) in [5.41, 5.74) is 4.19. The van der Waals surface area contributed by atoms with E-state index in [1.54, 1.807) is 18.7 Å². The summed E-state index contributed by atoms with van der Waals surface area (Å²) in [5, 5.41) is 0. The molecule has 0 amide bonds. The van der Waals surface area contributed by atoms with Gasteiger partial charge in [0.2, 0.25) is 30.5 Å². The van der Waals surface area contributed by atoms with E-state index in [-0.39, 0.29) is 0 Å². The van der Waals surface area contributed by atoms with Gasteiger partial charge in [-0.2, -0.15) is 14.4 Å². The van der Waals surface area contributed by atoms with Gasteiger partial charge < -0.3 is 18.8 Å². The van der Waals surface area contributed by atoms with Crippen LogP contribution in [0.15, 0.2) is 36.8 Å². The molecular weight excluding hydrogens is 501 g/mol. The second kappa shape index (κ2) is 11.0. The second-order valence-corrected chi connectivity index (χ2v) is 8.74. The number of nitrogens with zero attached hydrogens (tertiary/aromatic N) is 6. The molecule has 198 valence electrons. The van der Waals surface area contributed by atoms with Crippen LogP contribution >= 0.6 is 0 Å². The van der Waals surface area contributed by atoms with Crippen LogP contribution in [0, 0.1) is 5.95 Å². The molecule has 0 N–H and O–H groups in total. The van der Waals surface area contributed by atoms with Crippen molar-refractivity contribution in [2.75, 3.05) is 20.6 Å². The van der Waals surface area contributed by atoms with E-state index in [2.05, 4.69) is 19.9 Å². The number of halogens is 3. The van der Waals surface area contributed by atoms with Gasteiger partial charge in [0, 0.05) is 24.9 Å². The summed E-state index contributed by atoms with van der Waals surface area (Å²) in [6, 6.07) is 7.65. The van der Waals surface area contributed by atoms with Crippen LogP contribution in [0.4, 0.5) is 13.2 Å². The number of rotatable bonds is 7.